The van der Waals surface area contributed by atoms with Gasteiger partial charge in [-0.2, -0.15) is 0 Å². The summed E-state index contributed by atoms with van der Waals surface area (Å²) in [5.74, 6) is -0.899. The molecule has 0 saturated carbocycles. The maximum atomic E-state index is 11.3. The van der Waals surface area contributed by atoms with E-state index in [-0.39, 0.29) is 6.54 Å². The number of aryl methyl sites for hydroxylation is 1. The monoisotopic (exact) mass is 262 g/mol. The molecule has 0 spiro atoms. The van der Waals surface area contributed by atoms with Gasteiger partial charge in [-0.25, -0.2) is 0 Å². The van der Waals surface area contributed by atoms with Crippen molar-refractivity contribution >= 4 is 5.97 Å². The highest BCUT2D eigenvalue weighted by molar-refractivity contribution is 5.78. The van der Waals surface area contributed by atoms with Crippen LogP contribution in [0.1, 0.15) is 18.9 Å². The van der Waals surface area contributed by atoms with E-state index < -0.39 is 11.5 Å². The van der Waals surface area contributed by atoms with Crippen LogP contribution in [0.2, 0.25) is 0 Å². The number of azide groups is 1. The van der Waals surface area contributed by atoms with E-state index in [1.54, 1.807) is 6.92 Å². The van der Waals surface area contributed by atoms with Crippen molar-refractivity contribution in [1.82, 2.24) is 5.32 Å². The van der Waals surface area contributed by atoms with Gasteiger partial charge in [0.25, 0.3) is 0 Å². The van der Waals surface area contributed by atoms with Gasteiger partial charge in [-0.3, -0.25) is 4.79 Å². The number of hydrogen-bond donors (Lipinski definition) is 2. The lowest BCUT2D eigenvalue weighted by Gasteiger charge is -2.26. The molecule has 0 aliphatic carbocycles. The Labute approximate surface area is 112 Å². The van der Waals surface area contributed by atoms with Gasteiger partial charge in [-0.15, -0.1) is 0 Å². The predicted molar refractivity (Wildman–Crippen MR) is 72.8 cm³/mol. The Morgan fingerprint density at radius 1 is 1.47 bits per heavy atom. The second kappa shape index (κ2) is 7.41. The molecule has 0 fully saturated rings. The molecule has 1 unspecified atom stereocenters. The highest BCUT2D eigenvalue weighted by atomic mass is 16.4. The molecule has 1 atom stereocenters. The molecule has 6 nitrogen and oxygen atoms in total. The molecular formula is C13H18N4O2. The average molecular weight is 262 g/mol. The molecule has 19 heavy (non-hydrogen) atoms. The lowest BCUT2D eigenvalue weighted by atomic mass is 9.93. The fraction of sp³-hybridized carbons (Fsp3) is 0.462. The first-order valence-corrected chi connectivity index (χ1v) is 6.12. The Kier molecular flexibility index (Phi) is 5.85. The summed E-state index contributed by atoms with van der Waals surface area (Å²) in [7, 11) is 0. The van der Waals surface area contributed by atoms with Crippen LogP contribution in [0.15, 0.2) is 35.4 Å². The number of nitrogens with zero attached hydrogens (tertiary/aromatic N) is 3. The Hall–Kier alpha value is -2.04. The van der Waals surface area contributed by atoms with Crippen LogP contribution in [0.4, 0.5) is 0 Å². The molecule has 0 bridgehead atoms. The second-order valence-corrected chi connectivity index (χ2v) is 4.50. The number of nitrogens with one attached hydrogen (secondary N) is 1. The van der Waals surface area contributed by atoms with E-state index in [0.717, 1.165) is 5.56 Å². The third-order valence-corrected chi connectivity index (χ3v) is 3.02. The minimum atomic E-state index is -1.01. The third-order valence-electron chi connectivity index (χ3n) is 3.02. The van der Waals surface area contributed by atoms with Crippen molar-refractivity contribution < 1.29 is 9.90 Å². The quantitative estimate of drug-likeness (QED) is 0.325. The highest BCUT2D eigenvalue weighted by Crippen LogP contribution is 2.14. The number of benzene rings is 1. The lowest BCUT2D eigenvalue weighted by Crippen LogP contribution is -2.50. The van der Waals surface area contributed by atoms with Gasteiger partial charge in [0.2, 0.25) is 0 Å². The molecule has 0 amide bonds. The number of carbonyl (C=O) groups is 1. The average Bonchev–Trinajstić information content (AvgIpc) is 2.42. The van der Waals surface area contributed by atoms with Gasteiger partial charge in [0.15, 0.2) is 0 Å². The van der Waals surface area contributed by atoms with Crippen molar-refractivity contribution in [3.63, 3.8) is 0 Å². The fourth-order valence-corrected chi connectivity index (χ4v) is 1.74. The van der Waals surface area contributed by atoms with Crippen LogP contribution in [0.5, 0.6) is 0 Å². The molecule has 0 aliphatic rings. The van der Waals surface area contributed by atoms with Crippen LogP contribution in [-0.4, -0.2) is 29.7 Å². The van der Waals surface area contributed by atoms with Gasteiger partial charge < -0.3 is 10.4 Å². The molecular weight excluding hydrogens is 244 g/mol. The second-order valence-electron chi connectivity index (χ2n) is 4.50. The molecule has 0 saturated heterocycles. The van der Waals surface area contributed by atoms with E-state index in [1.165, 1.54) is 0 Å². The van der Waals surface area contributed by atoms with Gasteiger partial charge in [-0.1, -0.05) is 35.4 Å². The van der Waals surface area contributed by atoms with Gasteiger partial charge in [0.05, 0.1) is 0 Å². The smallest absolute Gasteiger partial charge is 0.323 e. The zero-order chi connectivity index (χ0) is 14.1. The molecule has 1 aromatic rings. The van der Waals surface area contributed by atoms with Gasteiger partial charge in [-0.05, 0) is 30.9 Å². The Morgan fingerprint density at radius 3 is 2.74 bits per heavy atom. The maximum Gasteiger partial charge on any atom is 0.323 e. The van der Waals surface area contributed by atoms with Gasteiger partial charge in [0, 0.05) is 18.0 Å². The summed E-state index contributed by atoms with van der Waals surface area (Å²) in [6.45, 7) is 2.24. The molecule has 6 heteroatoms. The molecule has 0 radical (unpaired) electrons. The Bertz CT molecular complexity index is 457. The Morgan fingerprint density at radius 2 is 2.16 bits per heavy atom. The van der Waals surface area contributed by atoms with Crippen molar-refractivity contribution in [2.45, 2.75) is 25.3 Å². The van der Waals surface area contributed by atoms with E-state index in [4.69, 9.17) is 5.53 Å². The van der Waals surface area contributed by atoms with Crippen LogP contribution < -0.4 is 5.32 Å². The Balaban J connectivity index is 2.56. The van der Waals surface area contributed by atoms with Crippen molar-refractivity contribution in [3.8, 4) is 0 Å². The summed E-state index contributed by atoms with van der Waals surface area (Å²) in [5, 5.41) is 15.6. The van der Waals surface area contributed by atoms with E-state index >= 15 is 0 Å². The first kappa shape index (κ1) is 15.0. The zero-order valence-electron chi connectivity index (χ0n) is 10.9. The minimum absolute atomic E-state index is 0.241. The molecule has 1 rings (SSSR count). The van der Waals surface area contributed by atoms with Crippen molar-refractivity contribution in [2.75, 3.05) is 13.1 Å². The predicted octanol–water partition coefficient (Wildman–Crippen LogP) is 2.36. The maximum absolute atomic E-state index is 11.3. The van der Waals surface area contributed by atoms with Crippen molar-refractivity contribution in [1.29, 1.82) is 0 Å². The van der Waals surface area contributed by atoms with Crippen LogP contribution in [-0.2, 0) is 11.2 Å². The number of carboxylic acids is 1. The number of rotatable bonds is 8. The molecule has 102 valence electrons. The van der Waals surface area contributed by atoms with Crippen LogP contribution in [0.25, 0.3) is 10.4 Å². The topological polar surface area (TPSA) is 98.1 Å². The normalized spacial score (nSPS) is 13.3. The third kappa shape index (κ3) is 4.99. The standard InChI is InChI=1S/C13H18N4O2/c1-13(12(18)19,15-9-10-16-17-14)8-7-11-5-3-2-4-6-11/h2-6,15H,7-10H2,1H3,(H,18,19). The SMILES string of the molecule is CC(CCc1ccccc1)(NCCN=[N+]=[N-])C(=O)O. The summed E-state index contributed by atoms with van der Waals surface area (Å²) in [6, 6.07) is 9.74. The number of carboxylic acid groups (broad SMARTS) is 1. The first-order chi connectivity index (χ1) is 9.08. The van der Waals surface area contributed by atoms with Crippen molar-refractivity contribution in [3.05, 3.63) is 46.3 Å². The van der Waals surface area contributed by atoms with Gasteiger partial charge >= 0.3 is 5.97 Å². The summed E-state index contributed by atoms with van der Waals surface area (Å²) < 4.78 is 0. The fourth-order valence-electron chi connectivity index (χ4n) is 1.74. The summed E-state index contributed by atoms with van der Waals surface area (Å²) >= 11 is 0. The van der Waals surface area contributed by atoms with Crippen LogP contribution in [0.3, 0.4) is 0 Å². The molecule has 0 heterocycles. The highest BCUT2D eigenvalue weighted by Gasteiger charge is 2.31. The van der Waals surface area contributed by atoms with Crippen LogP contribution >= 0.6 is 0 Å². The molecule has 0 aromatic heterocycles. The molecule has 2 N–H and O–H groups in total. The first-order valence-electron chi connectivity index (χ1n) is 6.12. The number of aliphatic carboxylic acids is 1. The van der Waals surface area contributed by atoms with E-state index in [2.05, 4.69) is 15.3 Å². The minimum Gasteiger partial charge on any atom is -0.480 e. The van der Waals surface area contributed by atoms with E-state index in [0.29, 0.717) is 19.4 Å². The summed E-state index contributed by atoms with van der Waals surface area (Å²) in [4.78, 5) is 14.0. The summed E-state index contributed by atoms with van der Waals surface area (Å²) in [6.07, 6.45) is 1.15. The zero-order valence-corrected chi connectivity index (χ0v) is 10.9. The van der Waals surface area contributed by atoms with Crippen molar-refractivity contribution in [2.24, 2.45) is 5.11 Å². The number of hydrogen-bond acceptors (Lipinski definition) is 3. The largest absolute Gasteiger partial charge is 0.480 e. The summed E-state index contributed by atoms with van der Waals surface area (Å²) in [5.41, 5.74) is 8.26. The van der Waals surface area contributed by atoms with Crippen LogP contribution in [0, 0.1) is 0 Å². The van der Waals surface area contributed by atoms with E-state index in [9.17, 15) is 9.90 Å². The molecule has 1 aromatic carbocycles. The van der Waals surface area contributed by atoms with E-state index in [1.807, 2.05) is 30.3 Å². The molecule has 0 aliphatic heterocycles. The lowest BCUT2D eigenvalue weighted by molar-refractivity contribution is -0.144. The van der Waals surface area contributed by atoms with Gasteiger partial charge in [0.1, 0.15) is 5.54 Å².